The minimum Gasteiger partial charge on any atom is -0.292 e. The zero-order valence-corrected chi connectivity index (χ0v) is 8.49. The van der Waals surface area contributed by atoms with E-state index in [4.69, 9.17) is 0 Å². The van der Waals surface area contributed by atoms with Gasteiger partial charge in [0, 0.05) is 10.4 Å². The highest BCUT2D eigenvalue weighted by Crippen LogP contribution is 2.15. The Balaban J connectivity index is 2.14. The number of thiophene rings is 1. The summed E-state index contributed by atoms with van der Waals surface area (Å²) in [4.78, 5) is 16.5. The summed E-state index contributed by atoms with van der Waals surface area (Å²) in [6.45, 7) is 2.21. The van der Waals surface area contributed by atoms with Crippen molar-refractivity contribution in [3.05, 3.63) is 34.5 Å². The van der Waals surface area contributed by atoms with Gasteiger partial charge in [-0.05, 0) is 18.4 Å². The van der Waals surface area contributed by atoms with E-state index in [1.54, 1.807) is 17.7 Å². The number of ketones is 1. The topological polar surface area (TPSA) is 47.8 Å². The average molecular weight is 207 g/mol. The third kappa shape index (κ3) is 1.72. The summed E-state index contributed by atoms with van der Waals surface area (Å²) in [5, 5.41) is 5.80. The molecule has 2 rings (SSSR count). The van der Waals surface area contributed by atoms with Gasteiger partial charge >= 0.3 is 0 Å². The molecule has 0 aliphatic rings. The maximum Gasteiger partial charge on any atom is 0.185 e. The van der Waals surface area contributed by atoms with Gasteiger partial charge < -0.3 is 0 Å². The molecule has 0 amide bonds. The van der Waals surface area contributed by atoms with Gasteiger partial charge in [-0.1, -0.05) is 0 Å². The van der Waals surface area contributed by atoms with Gasteiger partial charge in [-0.15, -0.1) is 11.3 Å². The smallest absolute Gasteiger partial charge is 0.185 e. The van der Waals surface area contributed by atoms with E-state index in [-0.39, 0.29) is 12.3 Å². The fourth-order valence-corrected chi connectivity index (χ4v) is 1.94. The van der Waals surface area contributed by atoms with Crippen molar-refractivity contribution >= 4 is 17.1 Å². The SMILES string of the molecule is Cc1sccc1C(=O)Cn1cncn1. The van der Waals surface area contributed by atoms with Crippen molar-refractivity contribution in [3.63, 3.8) is 0 Å². The molecule has 0 saturated heterocycles. The number of aromatic nitrogens is 3. The summed E-state index contributed by atoms with van der Waals surface area (Å²) in [5.41, 5.74) is 0.783. The average Bonchev–Trinajstić information content (AvgIpc) is 2.75. The minimum absolute atomic E-state index is 0.0780. The molecule has 2 aromatic heterocycles. The van der Waals surface area contributed by atoms with E-state index >= 15 is 0 Å². The van der Waals surface area contributed by atoms with Gasteiger partial charge in [0.1, 0.15) is 19.2 Å². The Morgan fingerprint density at radius 3 is 3.07 bits per heavy atom. The van der Waals surface area contributed by atoms with Gasteiger partial charge in [0.15, 0.2) is 5.78 Å². The highest BCUT2D eigenvalue weighted by molar-refractivity contribution is 7.10. The third-order valence-corrected chi connectivity index (χ3v) is 2.78. The molecular weight excluding hydrogens is 198 g/mol. The van der Waals surface area contributed by atoms with Crippen LogP contribution in [0, 0.1) is 6.92 Å². The zero-order valence-electron chi connectivity index (χ0n) is 7.67. The summed E-state index contributed by atoms with van der Waals surface area (Å²) >= 11 is 1.58. The number of rotatable bonds is 3. The predicted molar refractivity (Wildman–Crippen MR) is 53.4 cm³/mol. The molecule has 0 radical (unpaired) electrons. The molecule has 0 aromatic carbocycles. The Kier molecular flexibility index (Phi) is 2.41. The number of hydrogen-bond donors (Lipinski definition) is 0. The molecule has 0 bridgehead atoms. The van der Waals surface area contributed by atoms with E-state index < -0.39 is 0 Å². The molecule has 0 N–H and O–H groups in total. The van der Waals surface area contributed by atoms with Crippen molar-refractivity contribution in [2.75, 3.05) is 0 Å². The van der Waals surface area contributed by atoms with Crippen molar-refractivity contribution in [1.29, 1.82) is 0 Å². The predicted octanol–water partition coefficient (Wildman–Crippen LogP) is 1.53. The quantitative estimate of drug-likeness (QED) is 0.717. The van der Waals surface area contributed by atoms with Gasteiger partial charge in [-0.25, -0.2) is 9.67 Å². The van der Waals surface area contributed by atoms with E-state index in [1.165, 1.54) is 11.0 Å². The highest BCUT2D eigenvalue weighted by atomic mass is 32.1. The molecule has 72 valence electrons. The van der Waals surface area contributed by atoms with Gasteiger partial charge in [0.25, 0.3) is 0 Å². The monoisotopic (exact) mass is 207 g/mol. The second-order valence-electron chi connectivity index (χ2n) is 2.91. The standard InChI is InChI=1S/C9H9N3OS/c1-7-8(2-3-14-7)9(13)4-12-6-10-5-11-12/h2-3,5-6H,4H2,1H3. The summed E-state index contributed by atoms with van der Waals surface area (Å²) in [7, 11) is 0. The van der Waals surface area contributed by atoms with Crippen LogP contribution >= 0.6 is 11.3 Å². The third-order valence-electron chi connectivity index (χ3n) is 1.93. The minimum atomic E-state index is 0.0780. The molecular formula is C9H9N3OS. The van der Waals surface area contributed by atoms with Crippen LogP contribution in [0.4, 0.5) is 0 Å². The molecule has 14 heavy (non-hydrogen) atoms. The first-order valence-electron chi connectivity index (χ1n) is 4.17. The number of hydrogen-bond acceptors (Lipinski definition) is 4. The molecule has 0 fully saturated rings. The van der Waals surface area contributed by atoms with Gasteiger partial charge in [-0.3, -0.25) is 4.79 Å². The molecule has 2 heterocycles. The first kappa shape index (κ1) is 9.08. The Hall–Kier alpha value is -1.49. The van der Waals surface area contributed by atoms with Gasteiger partial charge in [-0.2, -0.15) is 5.10 Å². The number of nitrogens with zero attached hydrogens (tertiary/aromatic N) is 3. The molecule has 0 spiro atoms. The summed E-state index contributed by atoms with van der Waals surface area (Å²) < 4.78 is 1.53. The number of aryl methyl sites for hydroxylation is 1. The molecule has 0 aliphatic carbocycles. The number of Topliss-reactive ketones (excluding diaryl/α,β-unsaturated/α-hetero) is 1. The molecule has 2 aromatic rings. The lowest BCUT2D eigenvalue weighted by atomic mass is 10.2. The second-order valence-corrected chi connectivity index (χ2v) is 4.03. The molecule has 0 aliphatic heterocycles. The second kappa shape index (κ2) is 3.71. The lowest BCUT2D eigenvalue weighted by molar-refractivity contribution is 0.0967. The first-order valence-corrected chi connectivity index (χ1v) is 5.05. The molecule has 5 heteroatoms. The molecule has 4 nitrogen and oxygen atoms in total. The maximum absolute atomic E-state index is 11.7. The van der Waals surface area contributed by atoms with Crippen LogP contribution in [0.3, 0.4) is 0 Å². The Labute approximate surface area is 85.2 Å². The fraction of sp³-hybridized carbons (Fsp3) is 0.222. The zero-order chi connectivity index (χ0) is 9.97. The Morgan fingerprint density at radius 1 is 1.64 bits per heavy atom. The molecule has 0 saturated carbocycles. The van der Waals surface area contributed by atoms with Crippen molar-refractivity contribution in [3.8, 4) is 0 Å². The van der Waals surface area contributed by atoms with Gasteiger partial charge in [0.05, 0.1) is 0 Å². The summed E-state index contributed by atoms with van der Waals surface area (Å²) in [6.07, 6.45) is 2.97. The van der Waals surface area contributed by atoms with Crippen LogP contribution < -0.4 is 0 Å². The first-order chi connectivity index (χ1) is 6.77. The van der Waals surface area contributed by atoms with Crippen LogP contribution in [0.15, 0.2) is 24.1 Å². The van der Waals surface area contributed by atoms with Gasteiger partial charge in [0.2, 0.25) is 0 Å². The van der Waals surface area contributed by atoms with Crippen LogP contribution in [0.5, 0.6) is 0 Å². The normalized spacial score (nSPS) is 10.4. The van der Waals surface area contributed by atoms with E-state index in [0.717, 1.165) is 10.4 Å². The van der Waals surface area contributed by atoms with E-state index in [0.29, 0.717) is 0 Å². The van der Waals surface area contributed by atoms with E-state index in [9.17, 15) is 4.79 Å². The lowest BCUT2D eigenvalue weighted by Crippen LogP contribution is -2.10. The van der Waals surface area contributed by atoms with Crippen molar-refractivity contribution in [1.82, 2.24) is 14.8 Å². The largest absolute Gasteiger partial charge is 0.292 e. The highest BCUT2D eigenvalue weighted by Gasteiger charge is 2.10. The maximum atomic E-state index is 11.7. The fourth-order valence-electron chi connectivity index (χ4n) is 1.22. The number of carbonyl (C=O) groups is 1. The van der Waals surface area contributed by atoms with Crippen molar-refractivity contribution in [2.45, 2.75) is 13.5 Å². The van der Waals surface area contributed by atoms with Crippen LogP contribution in [0.2, 0.25) is 0 Å². The van der Waals surface area contributed by atoms with Crippen LogP contribution in [-0.4, -0.2) is 20.5 Å². The van der Waals surface area contributed by atoms with Crippen LogP contribution in [-0.2, 0) is 6.54 Å². The Bertz CT molecular complexity index is 433. The van der Waals surface area contributed by atoms with Crippen LogP contribution in [0.1, 0.15) is 15.2 Å². The Morgan fingerprint density at radius 2 is 2.50 bits per heavy atom. The summed E-state index contributed by atoms with van der Waals surface area (Å²) in [6, 6.07) is 1.85. The van der Waals surface area contributed by atoms with E-state index in [1.807, 2.05) is 18.4 Å². The molecule has 0 unspecified atom stereocenters. The van der Waals surface area contributed by atoms with E-state index in [2.05, 4.69) is 10.1 Å². The lowest BCUT2D eigenvalue weighted by Gasteiger charge is -1.99. The number of carbonyl (C=O) groups excluding carboxylic acids is 1. The summed E-state index contributed by atoms with van der Waals surface area (Å²) in [5.74, 6) is 0.0780. The molecule has 0 atom stereocenters. The van der Waals surface area contributed by atoms with Crippen LogP contribution in [0.25, 0.3) is 0 Å². The van der Waals surface area contributed by atoms with Crippen molar-refractivity contribution < 1.29 is 4.79 Å². The van der Waals surface area contributed by atoms with Crippen molar-refractivity contribution in [2.24, 2.45) is 0 Å².